The number of hydrogen-bond donors (Lipinski definition) is 0. The molecule has 2 aromatic heterocycles. The molecule has 0 spiro atoms. The molecule has 0 aliphatic carbocycles. The minimum atomic E-state index is -0.386. The maximum atomic E-state index is 13.6. The lowest BCUT2D eigenvalue weighted by Gasteiger charge is -2.35. The topological polar surface area (TPSA) is 55.2 Å². The fraction of sp³-hybridized carbons (Fsp3) is 0.250. The van der Waals surface area contributed by atoms with Crippen molar-refractivity contribution in [2.24, 2.45) is 7.05 Å². The zero-order valence-electron chi connectivity index (χ0n) is 14.6. The highest BCUT2D eigenvalue weighted by Crippen LogP contribution is 2.32. The van der Waals surface area contributed by atoms with Gasteiger partial charge in [-0.1, -0.05) is 0 Å². The highest BCUT2D eigenvalue weighted by atomic mass is 19.1. The van der Waals surface area contributed by atoms with Crippen LogP contribution in [0.5, 0.6) is 0 Å². The smallest absolute Gasteiger partial charge is 0.264 e. The molecule has 5 nitrogen and oxygen atoms in total. The van der Waals surface area contributed by atoms with E-state index in [2.05, 4.69) is 4.98 Å². The number of nitrogens with zero attached hydrogens (tertiary/aromatic N) is 3. The van der Waals surface area contributed by atoms with Gasteiger partial charge in [-0.3, -0.25) is 14.2 Å². The molecule has 1 amide bonds. The molecule has 0 saturated carbocycles. The maximum Gasteiger partial charge on any atom is 0.264 e. The monoisotopic (exact) mass is 351 g/mol. The molecule has 1 aliphatic rings. The average Bonchev–Trinajstić information content (AvgIpc) is 2.64. The van der Waals surface area contributed by atoms with Gasteiger partial charge in [0.2, 0.25) is 0 Å². The van der Waals surface area contributed by atoms with Crippen molar-refractivity contribution >= 4 is 22.6 Å². The first-order chi connectivity index (χ1) is 12.5. The van der Waals surface area contributed by atoms with E-state index in [-0.39, 0.29) is 28.9 Å². The SMILES string of the molecule is C[C@@H]1CCc2cc(F)ccc2N1C(=O)c1cc2cccnc2n(C)c1=O. The van der Waals surface area contributed by atoms with E-state index in [1.54, 1.807) is 36.3 Å². The van der Waals surface area contributed by atoms with Crippen molar-refractivity contribution in [3.05, 3.63) is 69.9 Å². The van der Waals surface area contributed by atoms with Crippen LogP contribution in [-0.4, -0.2) is 21.5 Å². The third-order valence-corrected chi connectivity index (χ3v) is 4.99. The first-order valence-electron chi connectivity index (χ1n) is 8.54. The second-order valence-corrected chi connectivity index (χ2v) is 6.67. The van der Waals surface area contributed by atoms with E-state index < -0.39 is 0 Å². The van der Waals surface area contributed by atoms with Gasteiger partial charge in [0.25, 0.3) is 11.5 Å². The number of hydrogen-bond acceptors (Lipinski definition) is 3. The number of halogens is 1. The summed E-state index contributed by atoms with van der Waals surface area (Å²) < 4.78 is 15.0. The highest BCUT2D eigenvalue weighted by Gasteiger charge is 2.31. The van der Waals surface area contributed by atoms with Crippen LogP contribution in [0.1, 0.15) is 29.3 Å². The molecule has 1 atom stereocenters. The molecule has 1 aliphatic heterocycles. The number of fused-ring (bicyclic) bond motifs is 2. The Labute approximate surface area is 149 Å². The van der Waals surface area contributed by atoms with E-state index in [1.165, 1.54) is 16.7 Å². The minimum absolute atomic E-state index is 0.0743. The molecule has 0 bridgehead atoms. The molecule has 0 fully saturated rings. The molecule has 0 N–H and O–H groups in total. The normalized spacial score (nSPS) is 16.6. The van der Waals surface area contributed by atoms with Gasteiger partial charge in [0.15, 0.2) is 0 Å². The van der Waals surface area contributed by atoms with Crippen molar-refractivity contribution < 1.29 is 9.18 Å². The van der Waals surface area contributed by atoms with Crippen LogP contribution in [0.4, 0.5) is 10.1 Å². The van der Waals surface area contributed by atoms with Gasteiger partial charge in [-0.25, -0.2) is 9.37 Å². The number of amides is 1. The molecule has 132 valence electrons. The van der Waals surface area contributed by atoms with Crippen molar-refractivity contribution in [2.75, 3.05) is 4.90 Å². The lowest BCUT2D eigenvalue weighted by Crippen LogP contribution is -2.44. The van der Waals surface area contributed by atoms with Crippen LogP contribution in [0.15, 0.2) is 47.4 Å². The Morgan fingerprint density at radius 3 is 2.88 bits per heavy atom. The summed E-state index contributed by atoms with van der Waals surface area (Å²) in [6, 6.07) is 9.53. The number of aryl methyl sites for hydroxylation is 2. The van der Waals surface area contributed by atoms with Gasteiger partial charge >= 0.3 is 0 Å². The van der Waals surface area contributed by atoms with Crippen LogP contribution >= 0.6 is 0 Å². The summed E-state index contributed by atoms with van der Waals surface area (Å²) in [4.78, 5) is 31.8. The van der Waals surface area contributed by atoms with E-state index >= 15 is 0 Å². The summed E-state index contributed by atoms with van der Waals surface area (Å²) >= 11 is 0. The molecular formula is C20H18FN3O2. The lowest BCUT2D eigenvalue weighted by atomic mass is 9.95. The van der Waals surface area contributed by atoms with Gasteiger partial charge < -0.3 is 4.90 Å². The molecular weight excluding hydrogens is 333 g/mol. The van der Waals surface area contributed by atoms with Crippen molar-refractivity contribution in [1.29, 1.82) is 0 Å². The molecule has 6 heteroatoms. The maximum absolute atomic E-state index is 13.6. The van der Waals surface area contributed by atoms with E-state index in [9.17, 15) is 14.0 Å². The van der Waals surface area contributed by atoms with Gasteiger partial charge in [-0.05, 0) is 61.7 Å². The van der Waals surface area contributed by atoms with Gasteiger partial charge in [0.05, 0.1) is 0 Å². The number of aromatic nitrogens is 2. The summed E-state index contributed by atoms with van der Waals surface area (Å²) in [7, 11) is 1.61. The second-order valence-electron chi connectivity index (χ2n) is 6.67. The highest BCUT2D eigenvalue weighted by molar-refractivity contribution is 6.08. The zero-order valence-corrected chi connectivity index (χ0v) is 14.6. The number of benzene rings is 1. The number of carbonyl (C=O) groups is 1. The van der Waals surface area contributed by atoms with E-state index in [4.69, 9.17) is 0 Å². The first kappa shape index (κ1) is 16.4. The Morgan fingerprint density at radius 2 is 2.08 bits per heavy atom. The number of pyridine rings is 2. The van der Waals surface area contributed by atoms with Crippen molar-refractivity contribution in [2.45, 2.75) is 25.8 Å². The molecule has 0 saturated heterocycles. The molecule has 3 heterocycles. The first-order valence-corrected chi connectivity index (χ1v) is 8.54. The zero-order chi connectivity index (χ0) is 18.4. The minimum Gasteiger partial charge on any atom is -0.305 e. The van der Waals surface area contributed by atoms with Crippen molar-refractivity contribution in [3.63, 3.8) is 0 Å². The van der Waals surface area contributed by atoms with Crippen LogP contribution in [0, 0.1) is 5.82 Å². The number of anilines is 1. The third-order valence-electron chi connectivity index (χ3n) is 4.99. The summed E-state index contributed by atoms with van der Waals surface area (Å²) in [6.45, 7) is 1.94. The van der Waals surface area contributed by atoms with Crippen LogP contribution in [0.2, 0.25) is 0 Å². The quantitative estimate of drug-likeness (QED) is 0.677. The average molecular weight is 351 g/mol. The van der Waals surface area contributed by atoms with Crippen LogP contribution in [0.25, 0.3) is 11.0 Å². The standard InChI is InChI=1S/C20H18FN3O2/c1-12-5-6-13-10-15(21)7-8-17(13)24(12)20(26)16-11-14-4-3-9-22-18(14)23(2)19(16)25/h3-4,7-12H,5-6H2,1-2H3/t12-/m1/s1. The van der Waals surface area contributed by atoms with E-state index in [0.717, 1.165) is 17.4 Å². The molecule has 0 radical (unpaired) electrons. The van der Waals surface area contributed by atoms with Crippen LogP contribution < -0.4 is 10.5 Å². The van der Waals surface area contributed by atoms with Gasteiger partial charge in [-0.15, -0.1) is 0 Å². The molecule has 3 aromatic rings. The Balaban J connectivity index is 1.88. The fourth-order valence-corrected chi connectivity index (χ4v) is 3.61. The molecule has 4 rings (SSSR count). The molecule has 26 heavy (non-hydrogen) atoms. The van der Waals surface area contributed by atoms with Crippen LogP contribution in [0.3, 0.4) is 0 Å². The predicted molar refractivity (Wildman–Crippen MR) is 98.0 cm³/mol. The van der Waals surface area contributed by atoms with Crippen molar-refractivity contribution in [3.8, 4) is 0 Å². The summed E-state index contributed by atoms with van der Waals surface area (Å²) in [5, 5.41) is 0.724. The Morgan fingerprint density at radius 1 is 1.27 bits per heavy atom. The van der Waals surface area contributed by atoms with Crippen LogP contribution in [-0.2, 0) is 13.5 Å². The van der Waals surface area contributed by atoms with Gasteiger partial charge in [-0.2, -0.15) is 0 Å². The lowest BCUT2D eigenvalue weighted by molar-refractivity contribution is 0.0973. The number of carbonyl (C=O) groups excluding carboxylic acids is 1. The summed E-state index contributed by atoms with van der Waals surface area (Å²) in [6.07, 6.45) is 3.04. The van der Waals surface area contributed by atoms with Crippen molar-refractivity contribution in [1.82, 2.24) is 9.55 Å². The molecule has 0 unspecified atom stereocenters. The Bertz CT molecular complexity index is 1090. The predicted octanol–water partition coefficient (Wildman–Crippen LogP) is 3.05. The molecule has 1 aromatic carbocycles. The summed E-state index contributed by atoms with van der Waals surface area (Å²) in [5.74, 6) is -0.685. The number of rotatable bonds is 1. The second kappa shape index (κ2) is 6.05. The van der Waals surface area contributed by atoms with E-state index in [1.807, 2.05) is 13.0 Å². The summed E-state index contributed by atoms with van der Waals surface area (Å²) in [5.41, 5.74) is 1.70. The Kier molecular flexibility index (Phi) is 3.83. The van der Waals surface area contributed by atoms with Gasteiger partial charge in [0.1, 0.15) is 17.0 Å². The van der Waals surface area contributed by atoms with Gasteiger partial charge in [0, 0.05) is 30.4 Å². The largest absolute Gasteiger partial charge is 0.305 e. The third kappa shape index (κ3) is 2.49. The Hall–Kier alpha value is -3.02. The fourth-order valence-electron chi connectivity index (χ4n) is 3.61. The van der Waals surface area contributed by atoms with E-state index in [0.29, 0.717) is 17.8 Å².